The molecule has 0 aliphatic rings. The van der Waals surface area contributed by atoms with Crippen molar-refractivity contribution >= 4 is 0 Å². The topological polar surface area (TPSA) is 55.0 Å². The van der Waals surface area contributed by atoms with Gasteiger partial charge in [0.05, 0.1) is 5.56 Å². The Bertz CT molecular complexity index is 611. The van der Waals surface area contributed by atoms with Crippen molar-refractivity contribution in [1.82, 2.24) is 10.2 Å². The minimum Gasteiger partial charge on any atom is -0.434 e. The number of halogens is 2. The zero-order valence-electron chi connectivity index (χ0n) is 9.48. The highest BCUT2D eigenvalue weighted by atomic mass is 19.3. The van der Waals surface area contributed by atoms with Crippen molar-refractivity contribution in [3.05, 3.63) is 51.8 Å². The lowest BCUT2D eigenvalue weighted by atomic mass is 10.1. The monoisotopic (exact) mass is 252 g/mol. The first-order valence-corrected chi connectivity index (χ1v) is 5.19. The number of benzene rings is 1. The van der Waals surface area contributed by atoms with Crippen molar-refractivity contribution < 1.29 is 13.5 Å². The number of H-pyrrole nitrogens is 1. The molecule has 0 atom stereocenters. The molecule has 0 radical (unpaired) electrons. The summed E-state index contributed by atoms with van der Waals surface area (Å²) in [4.78, 5) is 11.4. The number of hydrogen-bond acceptors (Lipinski definition) is 3. The molecule has 1 N–H and O–H groups in total. The van der Waals surface area contributed by atoms with Gasteiger partial charge in [0, 0.05) is 12.3 Å². The van der Waals surface area contributed by atoms with Crippen molar-refractivity contribution in [2.75, 3.05) is 0 Å². The lowest BCUT2D eigenvalue weighted by Gasteiger charge is -2.11. The van der Waals surface area contributed by atoms with Gasteiger partial charge in [0.25, 0.3) is 12.3 Å². The Morgan fingerprint density at radius 1 is 1.33 bits per heavy atom. The molecule has 0 bridgehead atoms. The van der Waals surface area contributed by atoms with Crippen LogP contribution in [0.3, 0.4) is 0 Å². The van der Waals surface area contributed by atoms with Crippen LogP contribution in [0, 0.1) is 6.92 Å². The second kappa shape index (κ2) is 4.95. The lowest BCUT2D eigenvalue weighted by molar-refractivity contribution is 0.147. The number of ether oxygens (including phenoxy) is 1. The van der Waals surface area contributed by atoms with Gasteiger partial charge in [-0.2, -0.15) is 0 Å². The summed E-state index contributed by atoms with van der Waals surface area (Å²) in [5.41, 5.74) is -0.227. The number of rotatable bonds is 3. The predicted molar refractivity (Wildman–Crippen MR) is 61.1 cm³/mol. The molecule has 0 aliphatic heterocycles. The Labute approximate surface area is 101 Å². The van der Waals surface area contributed by atoms with Crippen molar-refractivity contribution in [3.63, 3.8) is 0 Å². The zero-order valence-corrected chi connectivity index (χ0v) is 9.48. The van der Waals surface area contributed by atoms with Gasteiger partial charge in [-0.1, -0.05) is 12.1 Å². The van der Waals surface area contributed by atoms with Crippen LogP contribution in [0.15, 0.2) is 35.3 Å². The van der Waals surface area contributed by atoms with E-state index in [9.17, 15) is 13.6 Å². The molecule has 0 amide bonds. The van der Waals surface area contributed by atoms with Crippen molar-refractivity contribution in [2.45, 2.75) is 13.3 Å². The molecule has 2 rings (SSSR count). The van der Waals surface area contributed by atoms with E-state index >= 15 is 0 Å². The summed E-state index contributed by atoms with van der Waals surface area (Å²) < 4.78 is 30.8. The molecule has 2 aromatic rings. The zero-order chi connectivity index (χ0) is 13.1. The van der Waals surface area contributed by atoms with Crippen molar-refractivity contribution in [3.8, 4) is 11.6 Å². The standard InChI is InChI=1S/C12H10F2N2O2/c1-7-3-2-4-8(11(13)14)10(7)18-12-9(17)5-6-15-16-12/h2-6,11H,1H3,(H,15,17). The fraction of sp³-hybridized carbons (Fsp3) is 0.167. The summed E-state index contributed by atoms with van der Waals surface area (Å²) in [6.45, 7) is 1.62. The van der Waals surface area contributed by atoms with Crippen molar-refractivity contribution in [2.24, 2.45) is 0 Å². The average Bonchev–Trinajstić information content (AvgIpc) is 2.34. The van der Waals surface area contributed by atoms with E-state index in [1.807, 2.05) is 0 Å². The van der Waals surface area contributed by atoms with E-state index in [0.717, 1.165) is 0 Å². The van der Waals surface area contributed by atoms with Gasteiger partial charge in [-0.25, -0.2) is 8.78 Å². The SMILES string of the molecule is Cc1cccc(C(F)F)c1Oc1n[nH]ccc1=O. The Morgan fingerprint density at radius 3 is 2.78 bits per heavy atom. The maximum Gasteiger partial charge on any atom is 0.285 e. The van der Waals surface area contributed by atoms with Crippen LogP contribution in [-0.4, -0.2) is 10.2 Å². The second-order valence-corrected chi connectivity index (χ2v) is 3.64. The van der Waals surface area contributed by atoms with Crippen molar-refractivity contribution in [1.29, 1.82) is 0 Å². The molecule has 4 nitrogen and oxygen atoms in total. The molecule has 1 heterocycles. The number of aromatic amines is 1. The average molecular weight is 252 g/mol. The first-order chi connectivity index (χ1) is 8.59. The third kappa shape index (κ3) is 2.37. The van der Waals surface area contributed by atoms with Crippen LogP contribution < -0.4 is 10.2 Å². The third-order valence-electron chi connectivity index (χ3n) is 2.36. The summed E-state index contributed by atoms with van der Waals surface area (Å²) in [7, 11) is 0. The van der Waals surface area contributed by atoms with E-state index in [-0.39, 0.29) is 17.2 Å². The normalized spacial score (nSPS) is 10.7. The smallest absolute Gasteiger partial charge is 0.285 e. The fourth-order valence-electron chi connectivity index (χ4n) is 1.49. The van der Waals surface area contributed by atoms with E-state index in [1.54, 1.807) is 13.0 Å². The molecule has 1 aromatic heterocycles. The molecule has 0 saturated carbocycles. The highest BCUT2D eigenvalue weighted by Crippen LogP contribution is 2.33. The van der Waals surface area contributed by atoms with E-state index in [4.69, 9.17) is 4.74 Å². The number of aromatic nitrogens is 2. The minimum absolute atomic E-state index is 0.0308. The van der Waals surface area contributed by atoms with Crippen LogP contribution >= 0.6 is 0 Å². The highest BCUT2D eigenvalue weighted by Gasteiger charge is 2.17. The highest BCUT2D eigenvalue weighted by molar-refractivity contribution is 5.43. The molecule has 0 unspecified atom stereocenters. The van der Waals surface area contributed by atoms with E-state index < -0.39 is 11.9 Å². The number of nitrogens with zero attached hydrogens (tertiary/aromatic N) is 1. The van der Waals surface area contributed by atoms with Crippen LogP contribution in [0.25, 0.3) is 0 Å². The first-order valence-electron chi connectivity index (χ1n) is 5.19. The van der Waals surface area contributed by atoms with Crippen LogP contribution in [0.5, 0.6) is 11.6 Å². The summed E-state index contributed by atoms with van der Waals surface area (Å²) >= 11 is 0. The molecule has 6 heteroatoms. The third-order valence-corrected chi connectivity index (χ3v) is 2.36. The number of para-hydroxylation sites is 1. The second-order valence-electron chi connectivity index (χ2n) is 3.64. The molecule has 18 heavy (non-hydrogen) atoms. The van der Waals surface area contributed by atoms with Gasteiger partial charge < -0.3 is 4.74 Å². The molecule has 0 fully saturated rings. The first kappa shape index (κ1) is 12.2. The number of aryl methyl sites for hydroxylation is 1. The van der Waals surface area contributed by atoms with Crippen LogP contribution in [0.1, 0.15) is 17.6 Å². The molecule has 94 valence electrons. The summed E-state index contributed by atoms with van der Waals surface area (Å²) in [6.07, 6.45) is -1.34. The number of alkyl halides is 2. The summed E-state index contributed by atoms with van der Waals surface area (Å²) in [5.74, 6) is -0.287. The Kier molecular flexibility index (Phi) is 3.36. The predicted octanol–water partition coefficient (Wildman–Crippen LogP) is 2.81. The van der Waals surface area contributed by atoms with E-state index in [2.05, 4.69) is 10.2 Å². The van der Waals surface area contributed by atoms with Gasteiger partial charge in [0.15, 0.2) is 0 Å². The van der Waals surface area contributed by atoms with Gasteiger partial charge >= 0.3 is 0 Å². The molecule has 0 spiro atoms. The lowest BCUT2D eigenvalue weighted by Crippen LogP contribution is -2.08. The Morgan fingerprint density at radius 2 is 2.11 bits per heavy atom. The number of hydrogen-bond donors (Lipinski definition) is 1. The van der Waals surface area contributed by atoms with Crippen LogP contribution in [0.2, 0.25) is 0 Å². The Hall–Kier alpha value is -2.24. The largest absolute Gasteiger partial charge is 0.434 e. The molecule has 0 saturated heterocycles. The quantitative estimate of drug-likeness (QED) is 0.913. The maximum absolute atomic E-state index is 12.8. The van der Waals surface area contributed by atoms with E-state index in [1.165, 1.54) is 24.4 Å². The van der Waals surface area contributed by atoms with Gasteiger partial charge in [0.1, 0.15) is 5.75 Å². The summed E-state index contributed by atoms with van der Waals surface area (Å²) in [6, 6.07) is 5.59. The molecule has 1 aromatic carbocycles. The molecule has 0 aliphatic carbocycles. The van der Waals surface area contributed by atoms with Gasteiger partial charge in [0.2, 0.25) is 5.43 Å². The maximum atomic E-state index is 12.8. The van der Waals surface area contributed by atoms with Gasteiger partial charge in [-0.05, 0) is 18.6 Å². The molecular weight excluding hydrogens is 242 g/mol. The fourth-order valence-corrected chi connectivity index (χ4v) is 1.49. The Balaban J connectivity index is 2.46. The van der Waals surface area contributed by atoms with Gasteiger partial charge in [-0.15, -0.1) is 5.10 Å². The van der Waals surface area contributed by atoms with E-state index in [0.29, 0.717) is 5.56 Å². The molecular formula is C12H10F2N2O2. The van der Waals surface area contributed by atoms with Crippen LogP contribution in [0.4, 0.5) is 8.78 Å². The van der Waals surface area contributed by atoms with Crippen LogP contribution in [-0.2, 0) is 0 Å². The number of nitrogens with one attached hydrogen (secondary N) is 1. The summed E-state index contributed by atoms with van der Waals surface area (Å²) in [5, 5.41) is 6.04. The minimum atomic E-state index is -2.68. The van der Waals surface area contributed by atoms with Gasteiger partial charge in [-0.3, -0.25) is 9.89 Å².